The Morgan fingerprint density at radius 3 is 2.53 bits per heavy atom. The maximum Gasteiger partial charge on any atom is 0.155 e. The van der Waals surface area contributed by atoms with Crippen LogP contribution in [0.25, 0.3) is 16.3 Å². The molecule has 0 unspecified atom stereocenters. The van der Waals surface area contributed by atoms with Crippen molar-refractivity contribution < 1.29 is 10.0 Å². The molecule has 0 saturated heterocycles. The van der Waals surface area contributed by atoms with Crippen molar-refractivity contribution in [2.75, 3.05) is 5.48 Å². The summed E-state index contributed by atoms with van der Waals surface area (Å²) < 4.78 is 0. The Balaban J connectivity index is 2.22. The van der Waals surface area contributed by atoms with E-state index in [1.807, 2.05) is 36.4 Å². The van der Waals surface area contributed by atoms with Crippen LogP contribution in [0.1, 0.15) is 24.8 Å². The zero-order valence-electron chi connectivity index (χ0n) is 10.5. The molecule has 96 valence electrons. The predicted octanol–water partition coefficient (Wildman–Crippen LogP) is 3.78. The molecule has 0 saturated carbocycles. The molecule has 0 aliphatic heterocycles. The number of carbonyl (C=O) groups is 1. The van der Waals surface area contributed by atoms with Crippen molar-refractivity contribution in [3.05, 3.63) is 48.0 Å². The first-order chi connectivity index (χ1) is 9.29. The summed E-state index contributed by atoms with van der Waals surface area (Å²) in [6.07, 6.45) is 4.26. The Kier molecular flexibility index (Phi) is 3.05. The maximum absolute atomic E-state index is 11.6. The van der Waals surface area contributed by atoms with Gasteiger partial charge in [0.15, 0.2) is 5.78 Å². The smallest absolute Gasteiger partial charge is 0.155 e. The number of nitrogens with one attached hydrogen (secondary N) is 1. The van der Waals surface area contributed by atoms with Crippen LogP contribution in [0.2, 0.25) is 0 Å². The molecule has 0 amide bonds. The van der Waals surface area contributed by atoms with E-state index in [0.29, 0.717) is 12.1 Å². The molecular formula is C16H15NO2. The highest BCUT2D eigenvalue weighted by atomic mass is 16.5. The molecule has 3 heteroatoms. The fourth-order valence-electron chi connectivity index (χ4n) is 2.68. The highest BCUT2D eigenvalue weighted by molar-refractivity contribution is 6.05. The molecule has 0 aromatic heterocycles. The second kappa shape index (κ2) is 4.86. The highest BCUT2D eigenvalue weighted by Crippen LogP contribution is 2.34. The van der Waals surface area contributed by atoms with Gasteiger partial charge in [0.1, 0.15) is 0 Å². The van der Waals surface area contributed by atoms with E-state index in [2.05, 4.69) is 5.48 Å². The van der Waals surface area contributed by atoms with E-state index in [1.54, 1.807) is 6.08 Å². The normalized spacial score (nSPS) is 15.4. The van der Waals surface area contributed by atoms with E-state index < -0.39 is 0 Å². The third-order valence-electron chi connectivity index (χ3n) is 3.59. The van der Waals surface area contributed by atoms with Crippen LogP contribution >= 0.6 is 0 Å². The summed E-state index contributed by atoms with van der Waals surface area (Å²) in [6, 6.07) is 11.7. The standard InChI is InChI=1S/C16H15NO2/c18-12-5-3-4-11(10-12)13-8-9-16(17-19)15-7-2-1-6-14(13)15/h1-2,6-10,17,19H,3-5H2. The third kappa shape index (κ3) is 2.13. The summed E-state index contributed by atoms with van der Waals surface area (Å²) in [4.78, 5) is 11.6. The number of benzene rings is 2. The fraction of sp³-hybridized carbons (Fsp3) is 0.188. The number of fused-ring (bicyclic) bond motifs is 1. The Morgan fingerprint density at radius 1 is 1.00 bits per heavy atom. The molecule has 2 N–H and O–H groups in total. The molecule has 19 heavy (non-hydrogen) atoms. The van der Waals surface area contributed by atoms with Gasteiger partial charge in [0, 0.05) is 11.8 Å². The Bertz CT molecular complexity index is 674. The summed E-state index contributed by atoms with van der Waals surface area (Å²) >= 11 is 0. The number of carbonyl (C=O) groups excluding carboxylic acids is 1. The van der Waals surface area contributed by atoms with Crippen molar-refractivity contribution in [3.8, 4) is 0 Å². The van der Waals surface area contributed by atoms with Gasteiger partial charge in [-0.3, -0.25) is 15.5 Å². The Hall–Kier alpha value is -2.13. The van der Waals surface area contributed by atoms with Crippen molar-refractivity contribution in [1.29, 1.82) is 0 Å². The molecule has 0 fully saturated rings. The van der Waals surface area contributed by atoms with Crippen molar-refractivity contribution in [3.63, 3.8) is 0 Å². The molecule has 0 bridgehead atoms. The van der Waals surface area contributed by atoms with Crippen LogP contribution in [0.5, 0.6) is 0 Å². The molecule has 1 aliphatic rings. The number of hydrogen-bond acceptors (Lipinski definition) is 3. The number of allylic oxidation sites excluding steroid dienone is 2. The van der Waals surface area contributed by atoms with Gasteiger partial charge in [0.05, 0.1) is 5.69 Å². The van der Waals surface area contributed by atoms with E-state index in [-0.39, 0.29) is 5.78 Å². The number of ketones is 1. The Labute approximate surface area is 111 Å². The van der Waals surface area contributed by atoms with Crippen LogP contribution < -0.4 is 5.48 Å². The molecule has 0 atom stereocenters. The molecule has 3 rings (SSSR count). The Morgan fingerprint density at radius 2 is 1.79 bits per heavy atom. The van der Waals surface area contributed by atoms with Crippen molar-refractivity contribution in [2.24, 2.45) is 0 Å². The third-order valence-corrected chi connectivity index (χ3v) is 3.59. The zero-order chi connectivity index (χ0) is 13.2. The predicted molar refractivity (Wildman–Crippen MR) is 76.2 cm³/mol. The van der Waals surface area contributed by atoms with Gasteiger partial charge in [-0.05, 0) is 41.5 Å². The summed E-state index contributed by atoms with van der Waals surface area (Å²) in [5.41, 5.74) is 5.09. The van der Waals surface area contributed by atoms with E-state index in [4.69, 9.17) is 5.21 Å². The van der Waals surface area contributed by atoms with Gasteiger partial charge in [-0.25, -0.2) is 0 Å². The minimum Gasteiger partial charge on any atom is -0.295 e. The van der Waals surface area contributed by atoms with Crippen LogP contribution in [0.3, 0.4) is 0 Å². The van der Waals surface area contributed by atoms with Gasteiger partial charge in [-0.1, -0.05) is 30.3 Å². The number of hydrogen-bond donors (Lipinski definition) is 2. The van der Waals surface area contributed by atoms with Gasteiger partial charge in [0.2, 0.25) is 0 Å². The molecule has 0 heterocycles. The first-order valence-electron chi connectivity index (χ1n) is 6.45. The number of rotatable bonds is 2. The lowest BCUT2D eigenvalue weighted by Crippen LogP contribution is -2.03. The maximum atomic E-state index is 11.6. The second-order valence-electron chi connectivity index (χ2n) is 4.81. The average Bonchev–Trinajstić information content (AvgIpc) is 2.46. The molecule has 3 nitrogen and oxygen atoms in total. The first kappa shape index (κ1) is 11.9. The van der Waals surface area contributed by atoms with E-state index >= 15 is 0 Å². The fourth-order valence-corrected chi connectivity index (χ4v) is 2.68. The summed E-state index contributed by atoms with van der Waals surface area (Å²) in [7, 11) is 0. The van der Waals surface area contributed by atoms with E-state index in [9.17, 15) is 4.79 Å². The van der Waals surface area contributed by atoms with Crippen LogP contribution in [0, 0.1) is 0 Å². The van der Waals surface area contributed by atoms with Crippen molar-refractivity contribution >= 4 is 27.8 Å². The lowest BCUT2D eigenvalue weighted by molar-refractivity contribution is -0.114. The first-order valence-corrected chi connectivity index (χ1v) is 6.45. The van der Waals surface area contributed by atoms with Gasteiger partial charge in [0.25, 0.3) is 0 Å². The highest BCUT2D eigenvalue weighted by Gasteiger charge is 2.14. The number of anilines is 1. The van der Waals surface area contributed by atoms with Gasteiger partial charge < -0.3 is 0 Å². The topological polar surface area (TPSA) is 49.3 Å². The average molecular weight is 253 g/mol. The van der Waals surface area contributed by atoms with Crippen LogP contribution in [0.15, 0.2) is 42.5 Å². The van der Waals surface area contributed by atoms with Gasteiger partial charge >= 0.3 is 0 Å². The molecule has 2 aromatic carbocycles. The zero-order valence-corrected chi connectivity index (χ0v) is 10.5. The molecule has 2 aromatic rings. The molecule has 0 radical (unpaired) electrons. The monoisotopic (exact) mass is 253 g/mol. The van der Waals surface area contributed by atoms with Crippen LogP contribution in [0.4, 0.5) is 5.69 Å². The minimum atomic E-state index is 0.203. The quantitative estimate of drug-likeness (QED) is 0.801. The van der Waals surface area contributed by atoms with E-state index in [1.165, 1.54) is 0 Å². The van der Waals surface area contributed by atoms with Crippen LogP contribution in [-0.4, -0.2) is 11.0 Å². The van der Waals surface area contributed by atoms with Crippen molar-refractivity contribution in [2.45, 2.75) is 19.3 Å². The SMILES string of the molecule is O=C1C=C(c2ccc(NO)c3ccccc23)CCC1. The largest absolute Gasteiger partial charge is 0.295 e. The minimum absolute atomic E-state index is 0.203. The molecule has 1 aliphatic carbocycles. The van der Waals surface area contributed by atoms with Crippen molar-refractivity contribution in [1.82, 2.24) is 0 Å². The van der Waals surface area contributed by atoms with Gasteiger partial charge in [-0.15, -0.1) is 0 Å². The van der Waals surface area contributed by atoms with E-state index in [0.717, 1.165) is 34.8 Å². The molecular weight excluding hydrogens is 238 g/mol. The lowest BCUT2D eigenvalue weighted by Gasteiger charge is -2.16. The molecule has 0 spiro atoms. The summed E-state index contributed by atoms with van der Waals surface area (Å²) in [6.45, 7) is 0. The second-order valence-corrected chi connectivity index (χ2v) is 4.81. The van der Waals surface area contributed by atoms with Gasteiger partial charge in [-0.2, -0.15) is 0 Å². The lowest BCUT2D eigenvalue weighted by atomic mass is 9.89. The van der Waals surface area contributed by atoms with Crippen LogP contribution in [-0.2, 0) is 4.79 Å². The summed E-state index contributed by atoms with van der Waals surface area (Å²) in [5, 5.41) is 11.2. The summed E-state index contributed by atoms with van der Waals surface area (Å²) in [5.74, 6) is 0.203.